The van der Waals surface area contributed by atoms with E-state index in [1.54, 1.807) is 6.92 Å². The van der Waals surface area contributed by atoms with E-state index < -0.39 is 0 Å². The van der Waals surface area contributed by atoms with Gasteiger partial charge in [-0.15, -0.1) is 12.4 Å². The quantitative estimate of drug-likeness (QED) is 0.841. The molecule has 3 rings (SSSR count). The summed E-state index contributed by atoms with van der Waals surface area (Å²) in [5.41, 5.74) is 4.87. The topological polar surface area (TPSA) is 41.1 Å². The molecule has 2 aromatic rings. The second-order valence-electron chi connectivity index (χ2n) is 6.33. The molecule has 1 aliphatic carbocycles. The zero-order valence-electron chi connectivity index (χ0n) is 14.5. The molecule has 0 fully saturated rings. The second kappa shape index (κ2) is 9.40. The fraction of sp³-hybridized carbons (Fsp3) is 0.286. The molecule has 0 radical (unpaired) electrons. The number of amides is 1. The van der Waals surface area contributed by atoms with Gasteiger partial charge in [0.15, 0.2) is 0 Å². The number of hydrogen-bond donors (Lipinski definition) is 2. The van der Waals surface area contributed by atoms with Crippen molar-refractivity contribution in [1.82, 2.24) is 5.32 Å². The molecule has 4 heteroatoms. The number of anilines is 1. The first-order chi connectivity index (χ1) is 11.7. The van der Waals surface area contributed by atoms with E-state index in [1.807, 2.05) is 12.1 Å². The van der Waals surface area contributed by atoms with Crippen molar-refractivity contribution in [3.8, 4) is 0 Å². The lowest BCUT2D eigenvalue weighted by Gasteiger charge is -2.25. The number of hydrogen-bond acceptors (Lipinski definition) is 2. The summed E-state index contributed by atoms with van der Waals surface area (Å²) in [5, 5.41) is 6.49. The molecule has 1 unspecified atom stereocenters. The lowest BCUT2D eigenvalue weighted by molar-refractivity contribution is -0.114. The number of rotatable bonds is 5. The van der Waals surface area contributed by atoms with E-state index >= 15 is 0 Å². The summed E-state index contributed by atoms with van der Waals surface area (Å²) in [7, 11) is 0. The van der Waals surface area contributed by atoms with Gasteiger partial charge >= 0.3 is 0 Å². The molecule has 0 aromatic heterocycles. The van der Waals surface area contributed by atoms with Gasteiger partial charge in [0.05, 0.1) is 0 Å². The summed E-state index contributed by atoms with van der Waals surface area (Å²) in [5.74, 6) is -0.0218. The number of benzene rings is 2. The van der Waals surface area contributed by atoms with Crippen LogP contribution in [0.1, 0.15) is 30.0 Å². The third-order valence-electron chi connectivity index (χ3n) is 4.39. The first-order valence-electron chi connectivity index (χ1n) is 8.55. The maximum Gasteiger partial charge on any atom is 0.221 e. The fourth-order valence-corrected chi connectivity index (χ4v) is 3.21. The number of halogens is 1. The molecule has 0 saturated heterocycles. The minimum Gasteiger partial charge on any atom is -0.326 e. The van der Waals surface area contributed by atoms with E-state index in [2.05, 4.69) is 59.2 Å². The Kier molecular flexibility index (Phi) is 7.23. The van der Waals surface area contributed by atoms with Crippen LogP contribution >= 0.6 is 12.4 Å². The van der Waals surface area contributed by atoms with E-state index in [-0.39, 0.29) is 18.3 Å². The van der Waals surface area contributed by atoms with Crippen LogP contribution in [0.4, 0.5) is 5.69 Å². The second-order valence-corrected chi connectivity index (χ2v) is 6.33. The molecule has 0 bridgehead atoms. The molecular weight excluding hydrogens is 332 g/mol. The van der Waals surface area contributed by atoms with Crippen molar-refractivity contribution in [2.45, 2.75) is 32.2 Å². The van der Waals surface area contributed by atoms with E-state index in [4.69, 9.17) is 0 Å². The van der Waals surface area contributed by atoms with Crippen molar-refractivity contribution < 1.29 is 4.79 Å². The Morgan fingerprint density at radius 2 is 1.96 bits per heavy atom. The average molecular weight is 357 g/mol. The van der Waals surface area contributed by atoms with E-state index in [9.17, 15) is 4.79 Å². The molecule has 1 amide bonds. The highest BCUT2D eigenvalue weighted by molar-refractivity contribution is 5.88. The summed E-state index contributed by atoms with van der Waals surface area (Å²) >= 11 is 0. The summed E-state index contributed by atoms with van der Waals surface area (Å²) in [6.07, 6.45) is 7.60. The SMILES string of the molecule is CC(=O)Nc1ccc2c(c1)CC(NCC=Cc1ccccc1)CC2.Cl. The lowest BCUT2D eigenvalue weighted by atomic mass is 9.88. The molecule has 2 aromatic carbocycles. The average Bonchev–Trinajstić information content (AvgIpc) is 2.59. The van der Waals surface area contributed by atoms with Crippen LogP contribution in [0.25, 0.3) is 6.08 Å². The molecule has 2 N–H and O–H groups in total. The van der Waals surface area contributed by atoms with Crippen LogP contribution in [0.3, 0.4) is 0 Å². The van der Waals surface area contributed by atoms with Crippen molar-refractivity contribution in [2.75, 3.05) is 11.9 Å². The molecular formula is C21H25ClN2O. The number of aryl methyl sites for hydroxylation is 1. The van der Waals surface area contributed by atoms with Crippen LogP contribution in [0.15, 0.2) is 54.6 Å². The normalized spacial score (nSPS) is 16.1. The molecule has 3 nitrogen and oxygen atoms in total. The molecule has 0 heterocycles. The van der Waals surface area contributed by atoms with Crippen LogP contribution < -0.4 is 10.6 Å². The van der Waals surface area contributed by atoms with E-state index in [0.29, 0.717) is 6.04 Å². The number of carbonyl (C=O) groups is 1. The molecule has 0 saturated carbocycles. The number of nitrogens with one attached hydrogen (secondary N) is 2. The van der Waals surface area contributed by atoms with Crippen LogP contribution in [-0.4, -0.2) is 18.5 Å². The third kappa shape index (κ3) is 5.73. The van der Waals surface area contributed by atoms with Crippen LogP contribution in [-0.2, 0) is 17.6 Å². The van der Waals surface area contributed by atoms with Gasteiger partial charge in [0.2, 0.25) is 5.91 Å². The Morgan fingerprint density at radius 3 is 2.72 bits per heavy atom. The Labute approximate surface area is 155 Å². The summed E-state index contributed by atoms with van der Waals surface area (Å²) in [6.45, 7) is 2.42. The third-order valence-corrected chi connectivity index (χ3v) is 4.39. The van der Waals surface area contributed by atoms with Gasteiger partial charge in [-0.1, -0.05) is 48.6 Å². The Hall–Kier alpha value is -2.10. The minimum absolute atomic E-state index is 0. The Morgan fingerprint density at radius 1 is 1.16 bits per heavy atom. The Bertz CT molecular complexity index is 728. The van der Waals surface area contributed by atoms with Gasteiger partial charge in [-0.2, -0.15) is 0 Å². The minimum atomic E-state index is -0.0218. The standard InChI is InChI=1S/C21H24N2O.ClH/c1-16(24)23-21-12-10-18-9-11-20(14-19(18)15-21)22-13-5-8-17-6-3-2-4-7-17;/h2-8,10,12,15,20,22H,9,11,13-14H2,1H3,(H,23,24);1H. The monoisotopic (exact) mass is 356 g/mol. The molecule has 132 valence electrons. The largest absolute Gasteiger partial charge is 0.326 e. The van der Waals surface area contributed by atoms with E-state index in [0.717, 1.165) is 31.5 Å². The zero-order chi connectivity index (χ0) is 16.8. The lowest BCUT2D eigenvalue weighted by Crippen LogP contribution is -2.34. The number of carbonyl (C=O) groups excluding carboxylic acids is 1. The summed E-state index contributed by atoms with van der Waals surface area (Å²) in [4.78, 5) is 11.2. The molecule has 1 atom stereocenters. The summed E-state index contributed by atoms with van der Waals surface area (Å²) in [6, 6.07) is 17.1. The van der Waals surface area contributed by atoms with Crippen molar-refractivity contribution in [1.29, 1.82) is 0 Å². The van der Waals surface area contributed by atoms with Crippen molar-refractivity contribution in [3.05, 3.63) is 71.3 Å². The van der Waals surface area contributed by atoms with Gasteiger partial charge in [-0.3, -0.25) is 4.79 Å². The van der Waals surface area contributed by atoms with Gasteiger partial charge < -0.3 is 10.6 Å². The van der Waals surface area contributed by atoms with Gasteiger partial charge in [0.1, 0.15) is 0 Å². The Balaban J connectivity index is 0.00000225. The smallest absolute Gasteiger partial charge is 0.221 e. The van der Waals surface area contributed by atoms with E-state index in [1.165, 1.54) is 16.7 Å². The highest BCUT2D eigenvalue weighted by atomic mass is 35.5. The van der Waals surface area contributed by atoms with Crippen LogP contribution in [0.2, 0.25) is 0 Å². The zero-order valence-corrected chi connectivity index (χ0v) is 15.3. The van der Waals surface area contributed by atoms with Crippen LogP contribution in [0.5, 0.6) is 0 Å². The predicted molar refractivity (Wildman–Crippen MR) is 107 cm³/mol. The summed E-state index contributed by atoms with van der Waals surface area (Å²) < 4.78 is 0. The molecule has 0 spiro atoms. The first kappa shape index (κ1) is 19.2. The van der Waals surface area contributed by atoms with Gasteiger partial charge in [0, 0.05) is 25.2 Å². The number of fused-ring (bicyclic) bond motifs is 1. The first-order valence-corrected chi connectivity index (χ1v) is 8.55. The maximum absolute atomic E-state index is 11.2. The molecule has 25 heavy (non-hydrogen) atoms. The van der Waals surface area contributed by atoms with Gasteiger partial charge in [-0.05, 0) is 48.1 Å². The van der Waals surface area contributed by atoms with Crippen molar-refractivity contribution in [3.63, 3.8) is 0 Å². The predicted octanol–water partition coefficient (Wildman–Crippen LogP) is 4.23. The van der Waals surface area contributed by atoms with Gasteiger partial charge in [-0.25, -0.2) is 0 Å². The van der Waals surface area contributed by atoms with Crippen molar-refractivity contribution in [2.24, 2.45) is 0 Å². The van der Waals surface area contributed by atoms with Crippen LogP contribution in [0, 0.1) is 0 Å². The van der Waals surface area contributed by atoms with Crippen molar-refractivity contribution >= 4 is 30.1 Å². The molecule has 1 aliphatic rings. The maximum atomic E-state index is 11.2. The van der Waals surface area contributed by atoms with Gasteiger partial charge in [0.25, 0.3) is 0 Å². The highest BCUT2D eigenvalue weighted by Crippen LogP contribution is 2.24. The highest BCUT2D eigenvalue weighted by Gasteiger charge is 2.18. The molecule has 0 aliphatic heterocycles. The fourth-order valence-electron chi connectivity index (χ4n) is 3.21.